The predicted molar refractivity (Wildman–Crippen MR) is 63.8 cm³/mol. The quantitative estimate of drug-likeness (QED) is 0.777. The van der Waals surface area contributed by atoms with Gasteiger partial charge in [-0.3, -0.25) is 4.99 Å². The van der Waals surface area contributed by atoms with Crippen molar-refractivity contribution in [3.8, 4) is 0 Å². The molecule has 2 rings (SSSR count). The van der Waals surface area contributed by atoms with Gasteiger partial charge in [-0.15, -0.1) is 0 Å². The average molecular weight is 212 g/mol. The van der Waals surface area contributed by atoms with Gasteiger partial charge in [-0.2, -0.15) is 0 Å². The van der Waals surface area contributed by atoms with Gasteiger partial charge in [-0.05, 0) is 31.6 Å². The van der Waals surface area contributed by atoms with Crippen LogP contribution in [0, 0.1) is 11.8 Å². The monoisotopic (exact) mass is 212 g/mol. The number of aliphatic imine (C=N–C) groups is 1. The Morgan fingerprint density at radius 3 is 2.57 bits per heavy atom. The topological polar surface area (TPSA) is 24.4 Å². The van der Waals surface area contributed by atoms with Crippen LogP contribution in [0.4, 0.5) is 0 Å². The minimum Gasteiger partial charge on any atom is -0.362 e. The fourth-order valence-corrected chi connectivity index (χ4v) is 2.99. The lowest BCUT2D eigenvalue weighted by Crippen LogP contribution is -2.31. The molecule has 1 unspecified atom stereocenters. The Hall–Kier alpha value is -0.180. The zero-order valence-corrected chi connectivity index (χ0v) is 10.1. The van der Waals surface area contributed by atoms with Crippen LogP contribution < -0.4 is 5.32 Å². The summed E-state index contributed by atoms with van der Waals surface area (Å²) < 4.78 is 0. The Bertz CT molecular complexity index is 233. The zero-order chi connectivity index (χ0) is 10.1. The Labute approximate surface area is 90.9 Å². The average Bonchev–Trinajstić information content (AvgIpc) is 2.87. The lowest BCUT2D eigenvalue weighted by atomic mass is 10.1. The summed E-state index contributed by atoms with van der Waals surface area (Å²) in [5.74, 6) is 2.76. The molecule has 0 aromatic rings. The highest BCUT2D eigenvalue weighted by Crippen LogP contribution is 2.33. The fraction of sp³-hybridized carbons (Fsp3) is 0.909. The highest BCUT2D eigenvalue weighted by Gasteiger charge is 2.30. The molecule has 80 valence electrons. The predicted octanol–water partition coefficient (Wildman–Crippen LogP) is 2.50. The number of nitrogens with one attached hydrogen (secondary N) is 1. The first-order valence-corrected chi connectivity index (χ1v) is 6.62. The van der Waals surface area contributed by atoms with Crippen LogP contribution >= 0.6 is 11.8 Å². The molecule has 2 aliphatic rings. The SMILES string of the molecule is CC(NC1=N[C@@H](C(C)C)CS1)C1CC1. The van der Waals surface area contributed by atoms with Gasteiger partial charge in [-0.25, -0.2) is 0 Å². The number of nitrogens with zero attached hydrogens (tertiary/aromatic N) is 1. The Morgan fingerprint density at radius 1 is 1.36 bits per heavy atom. The summed E-state index contributed by atoms with van der Waals surface area (Å²) in [6, 6.07) is 1.17. The van der Waals surface area contributed by atoms with Gasteiger partial charge in [0, 0.05) is 11.8 Å². The molecular formula is C11H20N2S. The molecule has 1 heterocycles. The molecule has 1 aliphatic carbocycles. The summed E-state index contributed by atoms with van der Waals surface area (Å²) in [6.45, 7) is 6.79. The van der Waals surface area contributed by atoms with Crippen molar-refractivity contribution >= 4 is 16.9 Å². The number of hydrogen-bond donors (Lipinski definition) is 1. The number of thioether (sulfide) groups is 1. The molecule has 1 saturated carbocycles. The van der Waals surface area contributed by atoms with E-state index in [2.05, 4.69) is 26.1 Å². The molecule has 3 heteroatoms. The summed E-state index contributed by atoms with van der Waals surface area (Å²) in [5.41, 5.74) is 0. The molecule has 1 fully saturated rings. The summed E-state index contributed by atoms with van der Waals surface area (Å²) in [4.78, 5) is 4.71. The van der Waals surface area contributed by atoms with Crippen LogP contribution in [0.1, 0.15) is 33.6 Å². The van der Waals surface area contributed by atoms with Gasteiger partial charge >= 0.3 is 0 Å². The van der Waals surface area contributed by atoms with Crippen molar-refractivity contribution in [2.45, 2.75) is 45.7 Å². The maximum absolute atomic E-state index is 4.71. The second-order valence-electron chi connectivity index (χ2n) is 4.83. The van der Waals surface area contributed by atoms with Gasteiger partial charge in [0.2, 0.25) is 0 Å². The van der Waals surface area contributed by atoms with E-state index in [0.29, 0.717) is 18.0 Å². The van der Waals surface area contributed by atoms with Crippen LogP contribution in [0.25, 0.3) is 0 Å². The summed E-state index contributed by atoms with van der Waals surface area (Å²) >= 11 is 1.89. The molecular weight excluding hydrogens is 192 g/mol. The second kappa shape index (κ2) is 4.13. The first-order valence-electron chi connectivity index (χ1n) is 5.64. The second-order valence-corrected chi connectivity index (χ2v) is 5.84. The van der Waals surface area contributed by atoms with Crippen molar-refractivity contribution in [2.75, 3.05) is 5.75 Å². The van der Waals surface area contributed by atoms with Gasteiger partial charge in [0.1, 0.15) is 0 Å². The minimum absolute atomic E-state index is 0.536. The van der Waals surface area contributed by atoms with E-state index in [4.69, 9.17) is 4.99 Å². The molecule has 0 bridgehead atoms. The summed E-state index contributed by atoms with van der Waals surface area (Å²) in [6.07, 6.45) is 2.81. The van der Waals surface area contributed by atoms with E-state index in [-0.39, 0.29) is 0 Å². The van der Waals surface area contributed by atoms with Gasteiger partial charge < -0.3 is 5.32 Å². The molecule has 1 N–H and O–H groups in total. The van der Waals surface area contributed by atoms with Crippen LogP contribution in [0.2, 0.25) is 0 Å². The Kier molecular flexibility index (Phi) is 3.05. The van der Waals surface area contributed by atoms with Crippen LogP contribution in [0.15, 0.2) is 4.99 Å². The minimum atomic E-state index is 0.536. The van der Waals surface area contributed by atoms with E-state index in [1.165, 1.54) is 18.0 Å². The van der Waals surface area contributed by atoms with Crippen molar-refractivity contribution in [2.24, 2.45) is 16.8 Å². The van der Waals surface area contributed by atoms with E-state index < -0.39 is 0 Å². The highest BCUT2D eigenvalue weighted by atomic mass is 32.2. The van der Waals surface area contributed by atoms with Crippen LogP contribution in [0.3, 0.4) is 0 Å². The lowest BCUT2D eigenvalue weighted by Gasteiger charge is -2.12. The fourth-order valence-electron chi connectivity index (χ4n) is 1.72. The van der Waals surface area contributed by atoms with Gasteiger partial charge in [0.25, 0.3) is 0 Å². The number of rotatable bonds is 3. The first-order chi connectivity index (χ1) is 6.66. The molecule has 1 aliphatic heterocycles. The van der Waals surface area contributed by atoms with E-state index in [1.807, 2.05) is 11.8 Å². The number of hydrogen-bond acceptors (Lipinski definition) is 3. The normalized spacial score (nSPS) is 29.1. The van der Waals surface area contributed by atoms with Crippen molar-refractivity contribution in [3.05, 3.63) is 0 Å². The third kappa shape index (κ3) is 2.44. The Morgan fingerprint density at radius 2 is 2.07 bits per heavy atom. The molecule has 0 spiro atoms. The molecule has 0 aromatic carbocycles. The molecule has 0 aromatic heterocycles. The summed E-state index contributed by atoms with van der Waals surface area (Å²) in [5, 5.41) is 4.72. The molecule has 0 saturated heterocycles. The van der Waals surface area contributed by atoms with E-state index in [0.717, 1.165) is 11.7 Å². The first kappa shape index (κ1) is 10.3. The number of amidine groups is 1. The third-order valence-corrected chi connectivity index (χ3v) is 4.13. The highest BCUT2D eigenvalue weighted by molar-refractivity contribution is 8.14. The molecule has 14 heavy (non-hydrogen) atoms. The van der Waals surface area contributed by atoms with Gasteiger partial charge in [-0.1, -0.05) is 25.6 Å². The van der Waals surface area contributed by atoms with Crippen LogP contribution in [0.5, 0.6) is 0 Å². The van der Waals surface area contributed by atoms with E-state index >= 15 is 0 Å². The van der Waals surface area contributed by atoms with Crippen molar-refractivity contribution in [1.82, 2.24) is 5.32 Å². The maximum atomic E-state index is 4.71. The summed E-state index contributed by atoms with van der Waals surface area (Å²) in [7, 11) is 0. The van der Waals surface area contributed by atoms with Crippen molar-refractivity contribution in [3.63, 3.8) is 0 Å². The Balaban J connectivity index is 1.83. The molecule has 2 nitrogen and oxygen atoms in total. The molecule has 0 radical (unpaired) electrons. The van der Waals surface area contributed by atoms with E-state index in [1.54, 1.807) is 0 Å². The van der Waals surface area contributed by atoms with Crippen LogP contribution in [-0.4, -0.2) is 23.0 Å². The third-order valence-electron chi connectivity index (χ3n) is 3.12. The van der Waals surface area contributed by atoms with Crippen molar-refractivity contribution < 1.29 is 0 Å². The van der Waals surface area contributed by atoms with Crippen molar-refractivity contribution in [1.29, 1.82) is 0 Å². The lowest BCUT2D eigenvalue weighted by molar-refractivity contribution is 0.538. The van der Waals surface area contributed by atoms with Crippen LogP contribution in [-0.2, 0) is 0 Å². The van der Waals surface area contributed by atoms with Gasteiger partial charge in [0.05, 0.1) is 6.04 Å². The molecule has 0 amide bonds. The molecule has 2 atom stereocenters. The van der Waals surface area contributed by atoms with E-state index in [9.17, 15) is 0 Å². The largest absolute Gasteiger partial charge is 0.362 e. The van der Waals surface area contributed by atoms with Gasteiger partial charge in [0.15, 0.2) is 5.17 Å². The standard InChI is InChI=1S/C11H20N2S/c1-7(2)10-6-14-11(13-10)12-8(3)9-4-5-9/h7-10H,4-6H2,1-3H3,(H,12,13)/t8?,10-/m1/s1. The zero-order valence-electron chi connectivity index (χ0n) is 9.29. The maximum Gasteiger partial charge on any atom is 0.157 e. The smallest absolute Gasteiger partial charge is 0.157 e.